The summed E-state index contributed by atoms with van der Waals surface area (Å²) in [4.78, 5) is 16.4. The van der Waals surface area contributed by atoms with Crippen LogP contribution in [0.3, 0.4) is 0 Å². The molecule has 4 atom stereocenters. The minimum Gasteiger partial charge on any atom is -0.496 e. The van der Waals surface area contributed by atoms with E-state index in [4.69, 9.17) is 4.74 Å². The van der Waals surface area contributed by atoms with Crippen molar-refractivity contribution in [2.75, 3.05) is 12.4 Å². The minimum absolute atomic E-state index is 0.132. The summed E-state index contributed by atoms with van der Waals surface area (Å²) in [6.45, 7) is 8.09. The molecule has 1 aromatic rings. The van der Waals surface area contributed by atoms with E-state index >= 15 is 0 Å². The van der Waals surface area contributed by atoms with Crippen LogP contribution in [0.1, 0.15) is 57.6 Å². The average Bonchev–Trinajstić information content (AvgIpc) is 3.54. The van der Waals surface area contributed by atoms with Gasteiger partial charge in [0.25, 0.3) is 0 Å². The zero-order chi connectivity index (χ0) is 24.8. The number of nitrogens with zero attached hydrogens (tertiary/aromatic N) is 1. The highest BCUT2D eigenvalue weighted by Gasteiger charge is 2.43. The number of alkyl halides is 1. The van der Waals surface area contributed by atoms with Crippen LogP contribution in [0, 0.1) is 12.8 Å². The molecule has 1 fully saturated rings. The van der Waals surface area contributed by atoms with Crippen LogP contribution in [-0.2, 0) is 9.53 Å². The first kappa shape index (κ1) is 25.7. The lowest BCUT2D eigenvalue weighted by Crippen LogP contribution is -2.37. The standard InChI is InChI=1S/C27H36FN3O3/c1-6-8-24(32)23-10-17(4)21(15-29-23)19(25(34-5)9-7-2)12-18-14-30-26(11-16(18)3)31-27(33)20-13-22(20)28/h9-12,14-15,20,22-24,29,32H,6-8,13H2,1-5H3,(H,30,31,33)/b19-12-,25-9-. The van der Waals surface area contributed by atoms with E-state index in [0.717, 1.165) is 52.9 Å². The summed E-state index contributed by atoms with van der Waals surface area (Å²) < 4.78 is 18.9. The van der Waals surface area contributed by atoms with Crippen molar-refractivity contribution in [3.05, 3.63) is 64.2 Å². The number of halogens is 1. The largest absolute Gasteiger partial charge is 0.496 e. The van der Waals surface area contributed by atoms with Crippen molar-refractivity contribution >= 4 is 17.8 Å². The van der Waals surface area contributed by atoms with Gasteiger partial charge >= 0.3 is 0 Å². The van der Waals surface area contributed by atoms with Crippen LogP contribution in [0.5, 0.6) is 0 Å². The molecular formula is C27H36FN3O3. The fourth-order valence-electron chi connectivity index (χ4n) is 4.05. The van der Waals surface area contributed by atoms with Crippen LogP contribution in [0.4, 0.5) is 10.2 Å². The molecule has 3 rings (SSSR count). The zero-order valence-electron chi connectivity index (χ0n) is 20.7. The number of amides is 1. The molecule has 1 saturated carbocycles. The maximum absolute atomic E-state index is 13.2. The predicted molar refractivity (Wildman–Crippen MR) is 134 cm³/mol. The Morgan fingerprint density at radius 2 is 2.15 bits per heavy atom. The van der Waals surface area contributed by atoms with Crippen LogP contribution in [-0.4, -0.2) is 41.4 Å². The lowest BCUT2D eigenvalue weighted by molar-refractivity contribution is -0.117. The summed E-state index contributed by atoms with van der Waals surface area (Å²) in [7, 11) is 1.65. The van der Waals surface area contributed by atoms with Gasteiger partial charge in [0.05, 0.1) is 25.2 Å². The van der Waals surface area contributed by atoms with Crippen molar-refractivity contribution in [3.8, 4) is 0 Å². The number of anilines is 1. The lowest BCUT2D eigenvalue weighted by atomic mass is 9.90. The predicted octanol–water partition coefficient (Wildman–Crippen LogP) is 4.97. The molecule has 1 aliphatic heterocycles. The first-order valence-electron chi connectivity index (χ1n) is 12.0. The second-order valence-electron chi connectivity index (χ2n) is 8.97. The number of allylic oxidation sites excluding steroid dienone is 3. The second-order valence-corrected chi connectivity index (χ2v) is 8.97. The summed E-state index contributed by atoms with van der Waals surface area (Å²) in [5.74, 6) is 0.279. The Kier molecular flexibility index (Phi) is 8.67. The third-order valence-electron chi connectivity index (χ3n) is 6.19. The number of aromatic nitrogens is 1. The molecule has 2 aliphatic rings. The van der Waals surface area contributed by atoms with E-state index in [1.165, 1.54) is 0 Å². The van der Waals surface area contributed by atoms with Gasteiger partial charge in [0.2, 0.25) is 5.91 Å². The maximum atomic E-state index is 13.2. The summed E-state index contributed by atoms with van der Waals surface area (Å²) in [5.41, 5.74) is 4.71. The van der Waals surface area contributed by atoms with Gasteiger partial charge < -0.3 is 20.5 Å². The highest BCUT2D eigenvalue weighted by atomic mass is 19.1. The molecule has 1 aromatic heterocycles. The third kappa shape index (κ3) is 6.14. The first-order chi connectivity index (χ1) is 16.3. The third-order valence-corrected chi connectivity index (χ3v) is 6.19. The summed E-state index contributed by atoms with van der Waals surface area (Å²) in [6, 6.07) is 1.66. The van der Waals surface area contributed by atoms with Crippen molar-refractivity contribution in [2.24, 2.45) is 5.92 Å². The topological polar surface area (TPSA) is 83.5 Å². The number of carbonyl (C=O) groups is 1. The zero-order valence-corrected chi connectivity index (χ0v) is 20.7. The van der Waals surface area contributed by atoms with Gasteiger partial charge in [-0.2, -0.15) is 0 Å². The van der Waals surface area contributed by atoms with E-state index in [2.05, 4.69) is 35.5 Å². The minimum atomic E-state index is -1.04. The number of dihydropyridines is 1. The number of methoxy groups -OCH3 is 1. The van der Waals surface area contributed by atoms with Gasteiger partial charge in [0.1, 0.15) is 17.7 Å². The maximum Gasteiger partial charge on any atom is 0.231 e. The van der Waals surface area contributed by atoms with Crippen LogP contribution in [0.2, 0.25) is 0 Å². The van der Waals surface area contributed by atoms with E-state index in [1.54, 1.807) is 19.4 Å². The fourth-order valence-corrected chi connectivity index (χ4v) is 4.05. The molecule has 0 aromatic carbocycles. The number of aryl methyl sites for hydroxylation is 1. The molecule has 6 nitrogen and oxygen atoms in total. The summed E-state index contributed by atoms with van der Waals surface area (Å²) >= 11 is 0. The number of hydrogen-bond donors (Lipinski definition) is 3. The van der Waals surface area contributed by atoms with Crippen molar-refractivity contribution in [1.29, 1.82) is 0 Å². The molecule has 2 heterocycles. The quantitative estimate of drug-likeness (QED) is 0.333. The van der Waals surface area contributed by atoms with E-state index in [0.29, 0.717) is 5.82 Å². The molecule has 1 aliphatic carbocycles. The molecule has 0 spiro atoms. The van der Waals surface area contributed by atoms with Gasteiger partial charge in [-0.25, -0.2) is 9.37 Å². The number of aliphatic hydroxyl groups excluding tert-OH is 1. The van der Waals surface area contributed by atoms with Gasteiger partial charge in [-0.1, -0.05) is 26.3 Å². The van der Waals surface area contributed by atoms with Crippen molar-refractivity contribution in [3.63, 3.8) is 0 Å². The summed E-state index contributed by atoms with van der Waals surface area (Å²) in [5, 5.41) is 16.5. The normalized spacial score (nSPS) is 23.4. The highest BCUT2D eigenvalue weighted by Crippen LogP contribution is 2.35. The Bertz CT molecular complexity index is 1030. The Labute approximate surface area is 201 Å². The van der Waals surface area contributed by atoms with Crippen LogP contribution in [0.25, 0.3) is 6.08 Å². The van der Waals surface area contributed by atoms with Gasteiger partial charge in [-0.15, -0.1) is 0 Å². The number of pyridine rings is 1. The number of carbonyl (C=O) groups excluding carboxylic acids is 1. The van der Waals surface area contributed by atoms with Crippen molar-refractivity contribution in [2.45, 2.75) is 71.7 Å². The first-order valence-corrected chi connectivity index (χ1v) is 12.0. The highest BCUT2D eigenvalue weighted by molar-refractivity contribution is 5.94. The van der Waals surface area contributed by atoms with Crippen LogP contribution < -0.4 is 10.6 Å². The number of nitrogens with one attached hydrogen (secondary N) is 2. The van der Waals surface area contributed by atoms with Gasteiger partial charge in [0.15, 0.2) is 0 Å². The summed E-state index contributed by atoms with van der Waals surface area (Å²) in [6.07, 6.45) is 11.0. The van der Waals surface area contributed by atoms with Crippen LogP contribution in [0.15, 0.2) is 53.1 Å². The van der Waals surface area contributed by atoms with E-state index in [9.17, 15) is 14.3 Å². The molecule has 7 heteroatoms. The van der Waals surface area contributed by atoms with E-state index < -0.39 is 18.2 Å². The average molecular weight is 470 g/mol. The molecular weight excluding hydrogens is 433 g/mol. The number of aliphatic hydroxyl groups is 1. The smallest absolute Gasteiger partial charge is 0.231 e. The van der Waals surface area contributed by atoms with Crippen LogP contribution >= 0.6 is 0 Å². The Morgan fingerprint density at radius 3 is 2.71 bits per heavy atom. The lowest BCUT2D eigenvalue weighted by Gasteiger charge is -2.27. The molecule has 1 amide bonds. The molecule has 0 saturated heterocycles. The number of rotatable bonds is 10. The Morgan fingerprint density at radius 1 is 1.41 bits per heavy atom. The van der Waals surface area contributed by atoms with Gasteiger partial charge in [-0.05, 0) is 68.0 Å². The number of ether oxygens (including phenoxy) is 1. The van der Waals surface area contributed by atoms with Crippen molar-refractivity contribution < 1.29 is 19.0 Å². The molecule has 0 radical (unpaired) electrons. The fraction of sp³-hybridized carbons (Fsp3) is 0.481. The molecule has 3 N–H and O–H groups in total. The van der Waals surface area contributed by atoms with Gasteiger partial charge in [0, 0.05) is 23.5 Å². The monoisotopic (exact) mass is 469 g/mol. The Balaban J connectivity index is 1.91. The molecule has 184 valence electrons. The van der Waals surface area contributed by atoms with Crippen molar-refractivity contribution in [1.82, 2.24) is 10.3 Å². The Hall–Kier alpha value is -2.93. The molecule has 4 unspecified atom stereocenters. The van der Waals surface area contributed by atoms with E-state index in [1.807, 2.05) is 32.2 Å². The SMILES string of the molecule is CC/C=C(OC)/C(=C\c1cnc(NC(=O)C2CC2F)cc1C)C1=CNC(C(O)CCC)C=C1C. The van der Waals surface area contributed by atoms with Gasteiger partial charge in [-0.3, -0.25) is 4.79 Å². The second kappa shape index (κ2) is 11.5. The van der Waals surface area contributed by atoms with E-state index in [-0.39, 0.29) is 18.4 Å². The number of hydrogen-bond acceptors (Lipinski definition) is 5. The molecule has 0 bridgehead atoms. The molecule has 34 heavy (non-hydrogen) atoms.